The molecule has 0 spiro atoms. The molecule has 0 aliphatic heterocycles. The highest BCUT2D eigenvalue weighted by atomic mass is 32.1. The van der Waals surface area contributed by atoms with Crippen molar-refractivity contribution < 1.29 is 4.74 Å². The van der Waals surface area contributed by atoms with E-state index in [0.29, 0.717) is 0 Å². The number of rotatable bonds is 8. The molecule has 1 aromatic heterocycles. The topological polar surface area (TPSA) is 58.5 Å². The lowest BCUT2D eigenvalue weighted by Gasteiger charge is -2.12. The van der Waals surface area contributed by atoms with Gasteiger partial charge < -0.3 is 15.4 Å². The van der Waals surface area contributed by atoms with Crippen molar-refractivity contribution in [3.05, 3.63) is 45.4 Å². The predicted molar refractivity (Wildman–Crippen MR) is 106 cm³/mol. The maximum absolute atomic E-state index is 5.38. The zero-order valence-electron chi connectivity index (χ0n) is 15.6. The van der Waals surface area contributed by atoms with Crippen LogP contribution in [0.3, 0.4) is 0 Å². The van der Waals surface area contributed by atoms with Crippen LogP contribution in [0.15, 0.2) is 29.4 Å². The molecule has 2 aromatic rings. The summed E-state index contributed by atoms with van der Waals surface area (Å²) in [7, 11) is 3.50. The fraction of sp³-hybridized carbons (Fsp3) is 0.474. The molecule has 6 heteroatoms. The molecule has 25 heavy (non-hydrogen) atoms. The number of hydrogen-bond acceptors (Lipinski definition) is 4. The molecule has 1 aromatic carbocycles. The van der Waals surface area contributed by atoms with E-state index in [9.17, 15) is 0 Å². The van der Waals surface area contributed by atoms with E-state index in [1.807, 2.05) is 6.20 Å². The zero-order chi connectivity index (χ0) is 18.1. The Kier molecular flexibility index (Phi) is 7.73. The van der Waals surface area contributed by atoms with Crippen molar-refractivity contribution in [1.29, 1.82) is 0 Å². The van der Waals surface area contributed by atoms with Crippen molar-refractivity contribution in [2.45, 2.75) is 33.1 Å². The minimum absolute atomic E-state index is 0.823. The monoisotopic (exact) mass is 360 g/mol. The van der Waals surface area contributed by atoms with Crippen LogP contribution < -0.4 is 15.4 Å². The molecule has 2 rings (SSSR count). The van der Waals surface area contributed by atoms with Gasteiger partial charge in [0.1, 0.15) is 5.75 Å². The second-order valence-corrected chi connectivity index (χ2v) is 7.00. The van der Waals surface area contributed by atoms with Crippen LogP contribution in [0.1, 0.15) is 27.9 Å². The summed E-state index contributed by atoms with van der Waals surface area (Å²) >= 11 is 1.79. The number of ether oxygens (including phenoxy) is 1. The molecule has 0 bridgehead atoms. The first-order valence-electron chi connectivity index (χ1n) is 8.67. The lowest BCUT2D eigenvalue weighted by molar-refractivity contribution is 0.411. The van der Waals surface area contributed by atoms with Gasteiger partial charge >= 0.3 is 0 Å². The molecule has 0 saturated heterocycles. The maximum atomic E-state index is 5.38. The fourth-order valence-electron chi connectivity index (χ4n) is 2.48. The Balaban J connectivity index is 1.73. The van der Waals surface area contributed by atoms with Gasteiger partial charge in [-0.15, -0.1) is 11.3 Å². The first-order valence-corrected chi connectivity index (χ1v) is 9.49. The third kappa shape index (κ3) is 6.05. The fourth-order valence-corrected chi connectivity index (χ4v) is 3.34. The summed E-state index contributed by atoms with van der Waals surface area (Å²) in [5.41, 5.74) is 2.41. The Bertz CT molecular complexity index is 696. The normalized spacial score (nSPS) is 11.4. The van der Waals surface area contributed by atoms with E-state index >= 15 is 0 Å². The van der Waals surface area contributed by atoms with Gasteiger partial charge in [0.2, 0.25) is 0 Å². The van der Waals surface area contributed by atoms with Crippen molar-refractivity contribution in [2.24, 2.45) is 4.99 Å². The zero-order valence-corrected chi connectivity index (χ0v) is 16.4. The van der Waals surface area contributed by atoms with Gasteiger partial charge in [-0.2, -0.15) is 0 Å². The standard InChI is InChI=1S/C19H28N4OS/c1-5-16-13-23-18(25-16)9-11-22-19(20-3)21-10-8-15-7-6-14(2)17(12-15)24-4/h6-7,12-13H,5,8-11H2,1-4H3,(H2,20,21,22). The SMILES string of the molecule is CCc1cnc(CCNC(=NC)NCCc2ccc(C)c(OC)c2)s1. The lowest BCUT2D eigenvalue weighted by atomic mass is 10.1. The largest absolute Gasteiger partial charge is 0.496 e. The Morgan fingerprint density at radius 2 is 2.00 bits per heavy atom. The average Bonchev–Trinajstić information content (AvgIpc) is 3.09. The summed E-state index contributed by atoms with van der Waals surface area (Å²) < 4.78 is 5.38. The maximum Gasteiger partial charge on any atom is 0.191 e. The predicted octanol–water partition coefficient (Wildman–Crippen LogP) is 2.97. The van der Waals surface area contributed by atoms with Crippen LogP contribution in [0.5, 0.6) is 5.75 Å². The van der Waals surface area contributed by atoms with Crippen molar-refractivity contribution in [3.63, 3.8) is 0 Å². The summed E-state index contributed by atoms with van der Waals surface area (Å²) in [5.74, 6) is 1.77. The van der Waals surface area contributed by atoms with Gasteiger partial charge in [-0.3, -0.25) is 4.99 Å². The van der Waals surface area contributed by atoms with E-state index < -0.39 is 0 Å². The van der Waals surface area contributed by atoms with Crippen LogP contribution in [0.25, 0.3) is 0 Å². The summed E-state index contributed by atoms with van der Waals surface area (Å²) in [6, 6.07) is 6.34. The molecule has 2 N–H and O–H groups in total. The number of aromatic nitrogens is 1. The highest BCUT2D eigenvalue weighted by Crippen LogP contribution is 2.19. The van der Waals surface area contributed by atoms with Gasteiger partial charge in [0.15, 0.2) is 5.96 Å². The van der Waals surface area contributed by atoms with Crippen LogP contribution in [0.2, 0.25) is 0 Å². The van der Waals surface area contributed by atoms with Crippen molar-refractivity contribution >= 4 is 17.3 Å². The van der Waals surface area contributed by atoms with Gasteiger partial charge in [0, 0.05) is 37.6 Å². The summed E-state index contributed by atoms with van der Waals surface area (Å²) in [4.78, 5) is 10.1. The quantitative estimate of drug-likeness (QED) is 0.561. The first kappa shape index (κ1) is 19.2. The Labute approximate surface area is 154 Å². The van der Waals surface area contributed by atoms with E-state index in [-0.39, 0.29) is 0 Å². The molecular weight excluding hydrogens is 332 g/mol. The number of benzene rings is 1. The van der Waals surface area contributed by atoms with Gasteiger partial charge in [0.05, 0.1) is 12.1 Å². The van der Waals surface area contributed by atoms with E-state index in [1.165, 1.54) is 15.4 Å². The molecule has 5 nitrogen and oxygen atoms in total. The molecule has 0 saturated carbocycles. The molecule has 0 radical (unpaired) electrons. The summed E-state index contributed by atoms with van der Waals surface area (Å²) in [6.45, 7) is 5.86. The van der Waals surface area contributed by atoms with Crippen LogP contribution in [-0.2, 0) is 19.3 Å². The first-order chi connectivity index (χ1) is 12.2. The second-order valence-electron chi connectivity index (χ2n) is 5.80. The lowest BCUT2D eigenvalue weighted by Crippen LogP contribution is -2.39. The van der Waals surface area contributed by atoms with E-state index in [2.05, 4.69) is 52.7 Å². The number of aliphatic imine (C=N–C) groups is 1. The minimum atomic E-state index is 0.823. The Morgan fingerprint density at radius 1 is 1.24 bits per heavy atom. The summed E-state index contributed by atoms with van der Waals surface area (Å²) in [5, 5.41) is 7.87. The van der Waals surface area contributed by atoms with Crippen molar-refractivity contribution in [2.75, 3.05) is 27.2 Å². The third-order valence-electron chi connectivity index (χ3n) is 3.98. The third-order valence-corrected chi connectivity index (χ3v) is 5.18. The molecule has 0 aliphatic carbocycles. The smallest absolute Gasteiger partial charge is 0.191 e. The second kappa shape index (κ2) is 10.0. The molecule has 1 heterocycles. The van der Waals surface area contributed by atoms with Crippen LogP contribution in [-0.4, -0.2) is 38.2 Å². The molecule has 136 valence electrons. The Morgan fingerprint density at radius 3 is 2.64 bits per heavy atom. The van der Waals surface area contributed by atoms with E-state index in [0.717, 1.165) is 49.6 Å². The number of thiazole rings is 1. The number of methoxy groups -OCH3 is 1. The van der Waals surface area contributed by atoms with Gasteiger partial charge in [-0.05, 0) is 37.0 Å². The van der Waals surface area contributed by atoms with Crippen LogP contribution in [0.4, 0.5) is 0 Å². The number of aryl methyl sites for hydroxylation is 2. The minimum Gasteiger partial charge on any atom is -0.496 e. The molecule has 0 amide bonds. The number of guanidine groups is 1. The average molecular weight is 361 g/mol. The van der Waals surface area contributed by atoms with Crippen LogP contribution >= 0.6 is 11.3 Å². The molecule has 0 aliphatic rings. The van der Waals surface area contributed by atoms with Gasteiger partial charge in [-0.1, -0.05) is 19.1 Å². The highest BCUT2D eigenvalue weighted by Gasteiger charge is 2.03. The molecule has 0 atom stereocenters. The molecule has 0 fully saturated rings. The number of nitrogens with zero attached hydrogens (tertiary/aromatic N) is 2. The van der Waals surface area contributed by atoms with Crippen molar-refractivity contribution in [1.82, 2.24) is 15.6 Å². The van der Waals surface area contributed by atoms with E-state index in [1.54, 1.807) is 25.5 Å². The Hall–Kier alpha value is -2.08. The van der Waals surface area contributed by atoms with Crippen molar-refractivity contribution in [3.8, 4) is 5.75 Å². The highest BCUT2D eigenvalue weighted by molar-refractivity contribution is 7.11. The summed E-state index contributed by atoms with van der Waals surface area (Å²) in [6.07, 6.45) is 4.87. The van der Waals surface area contributed by atoms with Gasteiger partial charge in [-0.25, -0.2) is 4.98 Å². The van der Waals surface area contributed by atoms with E-state index in [4.69, 9.17) is 4.74 Å². The van der Waals surface area contributed by atoms with Crippen LogP contribution in [0, 0.1) is 6.92 Å². The number of hydrogen-bond donors (Lipinski definition) is 2. The molecule has 0 unspecified atom stereocenters. The molecular formula is C19H28N4OS. The van der Waals surface area contributed by atoms with Gasteiger partial charge in [0.25, 0.3) is 0 Å². The number of nitrogens with one attached hydrogen (secondary N) is 2.